The third kappa shape index (κ3) is 3.86. The molecule has 4 heteroatoms. The summed E-state index contributed by atoms with van der Waals surface area (Å²) in [5.74, 6) is -0.178. The number of aryl methyl sites for hydroxylation is 1. The summed E-state index contributed by atoms with van der Waals surface area (Å²) >= 11 is 0. The predicted octanol–water partition coefficient (Wildman–Crippen LogP) is 2.26. The highest BCUT2D eigenvalue weighted by Gasteiger charge is 2.48. The van der Waals surface area contributed by atoms with Crippen molar-refractivity contribution in [1.82, 2.24) is 0 Å². The Kier molecular flexibility index (Phi) is 5.04. The van der Waals surface area contributed by atoms with Crippen molar-refractivity contribution in [2.24, 2.45) is 13.0 Å². The van der Waals surface area contributed by atoms with Crippen LogP contribution in [0.15, 0.2) is 24.5 Å². The normalized spacial score (nSPS) is 30.9. The van der Waals surface area contributed by atoms with Gasteiger partial charge < -0.3 is 9.90 Å². The molecule has 23 heavy (non-hydrogen) atoms. The maximum atomic E-state index is 12.1. The Morgan fingerprint density at radius 1 is 1.26 bits per heavy atom. The van der Waals surface area contributed by atoms with Crippen LogP contribution in [0.4, 0.5) is 0 Å². The van der Waals surface area contributed by atoms with E-state index in [1.807, 2.05) is 24.0 Å². The molecule has 1 aliphatic rings. The molecule has 1 saturated carbocycles. The molecule has 0 saturated heterocycles. The van der Waals surface area contributed by atoms with Crippen LogP contribution in [-0.2, 0) is 22.1 Å². The molecule has 0 radical (unpaired) electrons. The number of hydrogen-bond acceptors (Lipinski definition) is 3. The largest absolute Gasteiger partial charge is 0.389 e. The van der Waals surface area contributed by atoms with Crippen molar-refractivity contribution in [2.45, 2.75) is 63.9 Å². The second-order valence-electron chi connectivity index (χ2n) is 7.46. The molecular formula is C19H28NO3+. The minimum Gasteiger partial charge on any atom is -0.389 e. The molecule has 1 N–H and O–H groups in total. The topological polar surface area (TPSA) is 58.2 Å². The standard InChI is InChI=1S/C19H28NO3/c1-14(21)5-8-19(16-6-11-20(4)12-7-16)10-9-18(3,23)17(13-19)15(2)22/h6-7,11-12,17,23H,5,8-10,13H2,1-4H3/q+1. The van der Waals surface area contributed by atoms with Crippen LogP contribution in [0.2, 0.25) is 0 Å². The van der Waals surface area contributed by atoms with Crippen molar-refractivity contribution in [3.8, 4) is 0 Å². The quantitative estimate of drug-likeness (QED) is 0.847. The fourth-order valence-corrected chi connectivity index (χ4v) is 3.86. The molecule has 1 aromatic heterocycles. The zero-order valence-electron chi connectivity index (χ0n) is 14.6. The first-order valence-corrected chi connectivity index (χ1v) is 8.34. The third-order valence-corrected chi connectivity index (χ3v) is 5.49. The van der Waals surface area contributed by atoms with Crippen LogP contribution in [0.25, 0.3) is 0 Å². The molecule has 0 spiro atoms. The van der Waals surface area contributed by atoms with Gasteiger partial charge in [0.25, 0.3) is 0 Å². The van der Waals surface area contributed by atoms with Gasteiger partial charge >= 0.3 is 0 Å². The van der Waals surface area contributed by atoms with Gasteiger partial charge in [-0.15, -0.1) is 0 Å². The van der Waals surface area contributed by atoms with E-state index >= 15 is 0 Å². The lowest BCUT2D eigenvalue weighted by atomic mass is 9.58. The van der Waals surface area contributed by atoms with Crippen LogP contribution in [0.5, 0.6) is 0 Å². The molecule has 1 heterocycles. The molecule has 3 unspecified atom stereocenters. The lowest BCUT2D eigenvalue weighted by Crippen LogP contribution is -2.49. The summed E-state index contributed by atoms with van der Waals surface area (Å²) in [7, 11) is 1.97. The number of carbonyl (C=O) groups excluding carboxylic acids is 2. The van der Waals surface area contributed by atoms with Crippen molar-refractivity contribution < 1.29 is 19.3 Å². The minimum absolute atomic E-state index is 0.0309. The molecule has 1 fully saturated rings. The van der Waals surface area contributed by atoms with Crippen molar-refractivity contribution in [2.75, 3.05) is 0 Å². The van der Waals surface area contributed by atoms with Gasteiger partial charge in [-0.05, 0) is 57.4 Å². The van der Waals surface area contributed by atoms with E-state index in [0.29, 0.717) is 19.3 Å². The fraction of sp³-hybridized carbons (Fsp3) is 0.632. The van der Waals surface area contributed by atoms with E-state index in [0.717, 1.165) is 12.8 Å². The van der Waals surface area contributed by atoms with Gasteiger partial charge in [0.1, 0.15) is 18.6 Å². The van der Waals surface area contributed by atoms with Gasteiger partial charge in [-0.1, -0.05) is 0 Å². The Labute approximate surface area is 138 Å². The SMILES string of the molecule is CC(=O)CCC1(c2cc[n+](C)cc2)CCC(C)(O)C(C(C)=O)C1. The molecule has 1 aromatic rings. The highest BCUT2D eigenvalue weighted by molar-refractivity contribution is 5.80. The summed E-state index contributed by atoms with van der Waals surface area (Å²) < 4.78 is 1.98. The Balaban J connectivity index is 2.40. The summed E-state index contributed by atoms with van der Waals surface area (Å²) in [6.07, 6.45) is 7.22. The summed E-state index contributed by atoms with van der Waals surface area (Å²) in [6, 6.07) is 4.16. The van der Waals surface area contributed by atoms with Gasteiger partial charge in [0, 0.05) is 24.5 Å². The Hall–Kier alpha value is -1.55. The summed E-state index contributed by atoms with van der Waals surface area (Å²) in [5.41, 5.74) is 0.00219. The van der Waals surface area contributed by atoms with Gasteiger partial charge in [0.2, 0.25) is 0 Å². The Morgan fingerprint density at radius 3 is 2.39 bits per heavy atom. The average Bonchev–Trinajstić information content (AvgIpc) is 2.47. The first-order chi connectivity index (χ1) is 10.7. The van der Waals surface area contributed by atoms with Gasteiger partial charge in [0.05, 0.1) is 5.60 Å². The van der Waals surface area contributed by atoms with Crippen molar-refractivity contribution in [1.29, 1.82) is 0 Å². The molecule has 0 aromatic carbocycles. The Morgan fingerprint density at radius 2 is 1.87 bits per heavy atom. The predicted molar refractivity (Wildman–Crippen MR) is 87.9 cm³/mol. The number of ketones is 2. The smallest absolute Gasteiger partial charge is 0.168 e. The molecule has 0 bridgehead atoms. The van der Waals surface area contributed by atoms with Gasteiger partial charge in [0.15, 0.2) is 12.4 Å². The van der Waals surface area contributed by atoms with E-state index in [2.05, 4.69) is 12.1 Å². The average molecular weight is 318 g/mol. The number of pyridine rings is 1. The molecule has 2 rings (SSSR count). The molecule has 0 amide bonds. The summed E-state index contributed by atoms with van der Waals surface area (Å²) in [6.45, 7) is 4.93. The first-order valence-electron chi connectivity index (χ1n) is 8.34. The molecule has 1 aliphatic carbocycles. The van der Waals surface area contributed by atoms with E-state index < -0.39 is 5.60 Å². The molecule has 0 aliphatic heterocycles. The van der Waals surface area contributed by atoms with E-state index in [1.54, 1.807) is 20.8 Å². The number of carbonyl (C=O) groups is 2. The number of aliphatic hydroxyl groups is 1. The fourth-order valence-electron chi connectivity index (χ4n) is 3.86. The van der Waals surface area contributed by atoms with Crippen LogP contribution < -0.4 is 4.57 Å². The summed E-state index contributed by atoms with van der Waals surface area (Å²) in [4.78, 5) is 23.6. The lowest BCUT2D eigenvalue weighted by Gasteiger charge is -2.47. The number of Topliss-reactive ketones (excluding diaryl/α,β-unsaturated/α-hetero) is 2. The molecule has 126 valence electrons. The lowest BCUT2D eigenvalue weighted by molar-refractivity contribution is -0.671. The van der Waals surface area contributed by atoms with Crippen LogP contribution in [0, 0.1) is 5.92 Å². The van der Waals surface area contributed by atoms with Crippen LogP contribution in [0.1, 0.15) is 58.4 Å². The first kappa shape index (κ1) is 17.8. The second kappa shape index (κ2) is 6.52. The second-order valence-corrected chi connectivity index (χ2v) is 7.46. The monoisotopic (exact) mass is 318 g/mol. The highest BCUT2D eigenvalue weighted by atomic mass is 16.3. The van der Waals surface area contributed by atoms with Crippen LogP contribution in [-0.4, -0.2) is 22.3 Å². The number of rotatable bonds is 5. The van der Waals surface area contributed by atoms with Gasteiger partial charge in [-0.3, -0.25) is 4.79 Å². The Bertz CT molecular complexity index is 591. The molecule has 4 nitrogen and oxygen atoms in total. The third-order valence-electron chi connectivity index (χ3n) is 5.49. The zero-order chi connectivity index (χ0) is 17.3. The summed E-state index contributed by atoms with van der Waals surface area (Å²) in [5, 5.41) is 10.6. The van der Waals surface area contributed by atoms with Gasteiger partial charge in [-0.2, -0.15) is 0 Å². The van der Waals surface area contributed by atoms with E-state index in [9.17, 15) is 14.7 Å². The van der Waals surface area contributed by atoms with Crippen molar-refractivity contribution >= 4 is 11.6 Å². The number of aromatic nitrogens is 1. The minimum atomic E-state index is -0.953. The highest BCUT2D eigenvalue weighted by Crippen LogP contribution is 2.49. The van der Waals surface area contributed by atoms with E-state index in [1.165, 1.54) is 5.56 Å². The molecular weight excluding hydrogens is 290 g/mol. The van der Waals surface area contributed by atoms with Crippen LogP contribution in [0.3, 0.4) is 0 Å². The maximum Gasteiger partial charge on any atom is 0.168 e. The molecule has 3 atom stereocenters. The van der Waals surface area contributed by atoms with Crippen molar-refractivity contribution in [3.05, 3.63) is 30.1 Å². The number of nitrogens with zero attached hydrogens (tertiary/aromatic N) is 1. The maximum absolute atomic E-state index is 12.1. The zero-order valence-corrected chi connectivity index (χ0v) is 14.6. The number of hydrogen-bond donors (Lipinski definition) is 1. The van der Waals surface area contributed by atoms with Crippen molar-refractivity contribution in [3.63, 3.8) is 0 Å². The van der Waals surface area contributed by atoms with E-state index in [-0.39, 0.29) is 22.9 Å². The van der Waals surface area contributed by atoms with Crippen LogP contribution >= 0.6 is 0 Å². The van der Waals surface area contributed by atoms with Gasteiger partial charge in [-0.25, -0.2) is 4.57 Å². The van der Waals surface area contributed by atoms with E-state index in [4.69, 9.17) is 0 Å².